The van der Waals surface area contributed by atoms with Crippen LogP contribution in [-0.2, 0) is 42.3 Å². The zero-order valence-electron chi connectivity index (χ0n) is 76.1. The fraction of sp³-hybridized carbons (Fsp3) is 0.121. The van der Waals surface area contributed by atoms with E-state index in [2.05, 4.69) is 151 Å². The summed E-state index contributed by atoms with van der Waals surface area (Å²) in [5.74, 6) is -1.43. The molecule has 0 saturated heterocycles. The number of halogens is 5. The van der Waals surface area contributed by atoms with E-state index in [1.807, 2.05) is 223 Å². The summed E-state index contributed by atoms with van der Waals surface area (Å²) < 4.78 is 117. The summed E-state index contributed by atoms with van der Waals surface area (Å²) in [6, 6.07) is 89.7. The van der Waals surface area contributed by atoms with Crippen LogP contribution >= 0.6 is 0 Å². The Morgan fingerprint density at radius 1 is 0.188 bits per heavy atom. The van der Waals surface area contributed by atoms with Crippen molar-refractivity contribution >= 4 is 132 Å². The number of hydrogen-bond acceptors (Lipinski definition) is 6. The molecule has 0 aliphatic rings. The molecule has 0 N–H and O–H groups in total. The summed E-state index contributed by atoms with van der Waals surface area (Å²) in [5.41, 5.74) is 30.8. The number of fused-ring (bicyclic) bond motifs is 18. The third-order valence-electron chi connectivity index (χ3n) is 25.2. The first-order chi connectivity index (χ1) is 64.3. The van der Waals surface area contributed by atoms with Crippen LogP contribution in [0.5, 0.6) is 0 Å². The molecule has 24 rings (SSSR count). The zero-order valence-corrected chi connectivity index (χ0v) is 76.1. The Hall–Kier alpha value is -16.0. The zero-order chi connectivity index (χ0) is 92.5. The normalized spacial score (nSPS) is 11.4. The summed E-state index contributed by atoms with van der Waals surface area (Å²) in [6.45, 7) is 16.7. The maximum absolute atomic E-state index is 14.4. The van der Waals surface area contributed by atoms with Gasteiger partial charge in [-0.25, -0.2) is 49.4 Å². The molecule has 0 atom stereocenters. The lowest BCUT2D eigenvalue weighted by Gasteiger charge is -2.07. The molecule has 17 heteroatoms. The van der Waals surface area contributed by atoms with Gasteiger partial charge in [-0.05, 0) is 221 Å². The second kappa shape index (κ2) is 35.5. The molecule has 12 heterocycles. The van der Waals surface area contributed by atoms with Gasteiger partial charge in [-0.15, -0.1) is 0 Å². The minimum Gasteiger partial charge on any atom is -0.456 e. The van der Waals surface area contributed by atoms with Gasteiger partial charge >= 0.3 is 0 Å². The van der Waals surface area contributed by atoms with Gasteiger partial charge in [0.25, 0.3) is 0 Å². The van der Waals surface area contributed by atoms with Crippen LogP contribution in [0.4, 0.5) is 22.0 Å². The molecule has 133 heavy (non-hydrogen) atoms. The van der Waals surface area contributed by atoms with Gasteiger partial charge in [0.15, 0.2) is 60.0 Å². The van der Waals surface area contributed by atoms with Crippen LogP contribution in [0.25, 0.3) is 199 Å². The Morgan fingerprint density at radius 3 is 0.910 bits per heavy atom. The highest BCUT2D eigenvalue weighted by Crippen LogP contribution is 2.46. The molecule has 0 spiro atoms. The molecule has 0 bridgehead atoms. The van der Waals surface area contributed by atoms with E-state index in [9.17, 15) is 22.0 Å². The molecule has 0 radical (unpaired) electrons. The van der Waals surface area contributed by atoms with Crippen LogP contribution in [-0.4, -0.2) is 0 Å². The second-order valence-corrected chi connectivity index (χ2v) is 34.2. The Kier molecular flexibility index (Phi) is 23.0. The van der Waals surface area contributed by atoms with Crippen molar-refractivity contribution in [3.63, 3.8) is 0 Å². The molecule has 0 fully saturated rings. The van der Waals surface area contributed by atoms with Gasteiger partial charge in [0.05, 0.1) is 38.8 Å². The summed E-state index contributed by atoms with van der Waals surface area (Å²) in [4.78, 5) is 0. The van der Waals surface area contributed by atoms with E-state index < -0.39 is 0 Å². The first kappa shape index (κ1) is 86.4. The smallest absolute Gasteiger partial charge is 0.213 e. The third-order valence-corrected chi connectivity index (χ3v) is 25.2. The van der Waals surface area contributed by atoms with E-state index in [4.69, 9.17) is 26.5 Å². The maximum atomic E-state index is 14.4. The molecule has 0 unspecified atom stereocenters. The molecular formula is C116H95F5N6O6+6. The predicted molar refractivity (Wildman–Crippen MR) is 520 cm³/mol. The number of pyridine rings is 6. The van der Waals surface area contributed by atoms with Crippen molar-refractivity contribution < 1.29 is 75.9 Å². The lowest BCUT2D eigenvalue weighted by Crippen LogP contribution is -2.30. The molecule has 0 aliphatic heterocycles. The molecule has 12 aromatic heterocycles. The standard InChI is InChI=1S/C20H17FNO.C20H18NO.4C19H15FNO/c1-12-9-10-22(3)16(11-12)18-13(2)7-8-17-19(18)14-5-4-6-15(21)20(14)23-17;1-13-10-11-21(3)16(12-13)19-14(2)8-9-18-20(19)15-6-4-5-7-17(15)22-18;1-12-9-10-16-18(13-6-5-7-14(20)19(13)22-16)17(12)15-8-3-4-11-21(15)2;1-12-9-10-16-19(17(12)14-7-3-4-11-21(14)2)18-13(20)6-5-8-15(18)22-16;1-12-6-9-16-19(14-8-7-13(20)11-17(14)22-16)18(12)15-5-3-4-10-21(15)2;1-12-6-8-17-19(14-11-13(20)7-9-16(14)22-17)18(12)15-5-3-4-10-21(15)2/h4-11H,1-3H3;4-12H,1-3H3;4*3-11H,1-2H3/q6*+1. The van der Waals surface area contributed by atoms with Crippen LogP contribution in [0, 0.1) is 84.5 Å². The van der Waals surface area contributed by atoms with Crippen LogP contribution in [0.2, 0.25) is 0 Å². The van der Waals surface area contributed by atoms with Gasteiger partial charge in [-0.3, -0.25) is 0 Å². The average molecular weight is 1760 g/mol. The highest BCUT2D eigenvalue weighted by molar-refractivity contribution is 6.18. The molecule has 24 aromatic rings. The Balaban J connectivity index is 0.000000103. The number of para-hydroxylation sites is 3. The highest BCUT2D eigenvalue weighted by atomic mass is 19.1. The first-order valence-corrected chi connectivity index (χ1v) is 44.0. The molecule has 12 aromatic carbocycles. The van der Waals surface area contributed by atoms with E-state index in [-0.39, 0.29) is 29.1 Å². The monoisotopic (exact) mass is 1760 g/mol. The molecule has 0 aliphatic carbocycles. The van der Waals surface area contributed by atoms with Gasteiger partial charge in [0.1, 0.15) is 116 Å². The van der Waals surface area contributed by atoms with Crippen molar-refractivity contribution in [1.29, 1.82) is 0 Å². The predicted octanol–water partition coefficient (Wildman–Crippen LogP) is 27.6. The van der Waals surface area contributed by atoms with Crippen molar-refractivity contribution in [3.8, 4) is 67.5 Å². The Labute approximate surface area is 764 Å². The number of nitrogens with zero attached hydrogens (tertiary/aromatic N) is 6. The number of rotatable bonds is 6. The fourth-order valence-electron chi connectivity index (χ4n) is 18.7. The lowest BCUT2D eigenvalue weighted by atomic mass is 9.97. The van der Waals surface area contributed by atoms with Crippen molar-refractivity contribution in [3.05, 3.63) is 396 Å². The number of hydrogen-bond donors (Lipinski definition) is 0. The fourth-order valence-corrected chi connectivity index (χ4v) is 18.7. The Morgan fingerprint density at radius 2 is 0.474 bits per heavy atom. The van der Waals surface area contributed by atoms with Gasteiger partial charge in [-0.1, -0.05) is 84.9 Å². The summed E-state index contributed by atoms with van der Waals surface area (Å²) in [5, 5.41) is 11.1. The lowest BCUT2D eigenvalue weighted by molar-refractivity contribution is -0.660. The number of aryl methyl sites for hydroxylation is 14. The van der Waals surface area contributed by atoms with E-state index in [1.165, 1.54) is 80.7 Å². The van der Waals surface area contributed by atoms with E-state index in [0.29, 0.717) is 50.1 Å². The molecule has 0 saturated carbocycles. The molecular weight excluding hydrogens is 1670 g/mol. The van der Waals surface area contributed by atoms with Gasteiger partial charge in [-0.2, -0.15) is 0 Å². The van der Waals surface area contributed by atoms with Crippen molar-refractivity contribution in [2.45, 2.75) is 55.4 Å². The maximum Gasteiger partial charge on any atom is 0.213 e. The quantitative estimate of drug-likeness (QED) is 0.121. The Bertz CT molecular complexity index is 8670. The van der Waals surface area contributed by atoms with E-state index in [0.717, 1.165) is 149 Å². The van der Waals surface area contributed by atoms with E-state index >= 15 is 0 Å². The van der Waals surface area contributed by atoms with Gasteiger partial charge in [0, 0.05) is 138 Å². The minimum atomic E-state index is -0.324. The van der Waals surface area contributed by atoms with Gasteiger partial charge < -0.3 is 26.5 Å². The SMILES string of the molecule is Cc1cc[n+](C)c(-c2c(C)ccc3oc4c(F)cccc4c23)c1.Cc1cc[n+](C)c(-c2c(C)ccc3oc4ccccc4c23)c1.Cc1ccc2oc3c(F)cccc3c2c1-c1cccc[n+]1C.Cc1ccc2oc3cc(F)ccc3c2c1-c1cccc[n+]1C.Cc1ccc2oc3ccc(F)cc3c2c1-c1cccc[n+]1C.Cc1ccc2oc3cccc(F)c3c2c1-c1cccc[n+]1C. The summed E-state index contributed by atoms with van der Waals surface area (Å²) in [7, 11) is 12.2. The second-order valence-electron chi connectivity index (χ2n) is 34.2. The summed E-state index contributed by atoms with van der Waals surface area (Å²) in [6.07, 6.45) is 12.2. The van der Waals surface area contributed by atoms with E-state index in [1.54, 1.807) is 36.4 Å². The summed E-state index contributed by atoms with van der Waals surface area (Å²) >= 11 is 0. The third kappa shape index (κ3) is 16.0. The average Bonchev–Trinajstić information content (AvgIpc) is 1.60. The first-order valence-electron chi connectivity index (χ1n) is 44.0. The van der Waals surface area contributed by atoms with Crippen molar-refractivity contribution in [2.75, 3.05) is 0 Å². The largest absolute Gasteiger partial charge is 0.456 e. The molecule has 12 nitrogen and oxygen atoms in total. The van der Waals surface area contributed by atoms with Crippen LogP contribution < -0.4 is 27.4 Å². The highest BCUT2D eigenvalue weighted by Gasteiger charge is 2.29. The van der Waals surface area contributed by atoms with Crippen LogP contribution in [0.15, 0.2) is 349 Å². The van der Waals surface area contributed by atoms with Crippen molar-refractivity contribution in [1.82, 2.24) is 0 Å². The van der Waals surface area contributed by atoms with Crippen molar-refractivity contribution in [2.24, 2.45) is 42.3 Å². The molecule has 654 valence electrons. The number of aromatic nitrogens is 6. The number of furan rings is 6. The minimum absolute atomic E-state index is 0.248. The van der Waals surface area contributed by atoms with Crippen LogP contribution in [0.3, 0.4) is 0 Å². The topological polar surface area (TPSA) is 102 Å². The number of benzene rings is 12. The van der Waals surface area contributed by atoms with Crippen LogP contribution in [0.1, 0.15) is 44.5 Å². The van der Waals surface area contributed by atoms with Gasteiger partial charge in [0.2, 0.25) is 34.2 Å². The molecule has 0 amide bonds.